The molecule has 5 aromatic rings. The van der Waals surface area contributed by atoms with Gasteiger partial charge in [-0.2, -0.15) is 0 Å². The SMILES string of the molecule is CCN1CCN(c2ccc(-c3cccc([C@H](C)Nc4cc(-c5ccc6ncsc6c5)nc(C)n4)c3)cn2)CC1. The summed E-state index contributed by atoms with van der Waals surface area (Å²) >= 11 is 1.64. The molecule has 1 atom stereocenters. The number of anilines is 2. The van der Waals surface area contributed by atoms with Gasteiger partial charge in [-0.15, -0.1) is 11.3 Å². The van der Waals surface area contributed by atoms with E-state index in [9.17, 15) is 0 Å². The second-order valence-electron chi connectivity index (χ2n) is 10.0. The summed E-state index contributed by atoms with van der Waals surface area (Å²) in [7, 11) is 0. The van der Waals surface area contributed by atoms with Crippen LogP contribution in [0.4, 0.5) is 11.6 Å². The molecule has 0 bridgehead atoms. The lowest BCUT2D eigenvalue weighted by Crippen LogP contribution is -2.46. The molecule has 39 heavy (non-hydrogen) atoms. The Morgan fingerprint density at radius 1 is 0.897 bits per heavy atom. The summed E-state index contributed by atoms with van der Waals surface area (Å²) < 4.78 is 1.16. The first-order chi connectivity index (χ1) is 19.1. The second-order valence-corrected chi connectivity index (χ2v) is 10.9. The molecule has 3 aromatic heterocycles. The van der Waals surface area contributed by atoms with Crippen molar-refractivity contribution in [1.29, 1.82) is 0 Å². The number of nitrogens with zero attached hydrogens (tertiary/aromatic N) is 6. The summed E-state index contributed by atoms with van der Waals surface area (Å²) in [6, 6.07) is 21.4. The maximum Gasteiger partial charge on any atom is 0.130 e. The minimum Gasteiger partial charge on any atom is -0.363 e. The first-order valence-electron chi connectivity index (χ1n) is 13.6. The summed E-state index contributed by atoms with van der Waals surface area (Å²) in [6.45, 7) is 11.7. The Morgan fingerprint density at radius 3 is 2.54 bits per heavy atom. The van der Waals surface area contributed by atoms with Crippen LogP contribution in [0.3, 0.4) is 0 Å². The molecule has 1 aliphatic heterocycles. The molecule has 0 amide bonds. The van der Waals surface area contributed by atoms with Crippen molar-refractivity contribution in [1.82, 2.24) is 24.8 Å². The van der Waals surface area contributed by atoms with Crippen LogP contribution >= 0.6 is 11.3 Å². The third kappa shape index (κ3) is 5.62. The van der Waals surface area contributed by atoms with E-state index >= 15 is 0 Å². The van der Waals surface area contributed by atoms with Gasteiger partial charge in [0.1, 0.15) is 17.5 Å². The van der Waals surface area contributed by atoms with Gasteiger partial charge in [0, 0.05) is 55.6 Å². The van der Waals surface area contributed by atoms with E-state index in [0.717, 1.165) is 82.8 Å². The molecule has 8 heteroatoms. The molecule has 2 aromatic carbocycles. The van der Waals surface area contributed by atoms with Gasteiger partial charge in [0.2, 0.25) is 0 Å². The molecule has 198 valence electrons. The van der Waals surface area contributed by atoms with Gasteiger partial charge in [-0.3, -0.25) is 0 Å². The number of rotatable bonds is 7. The molecule has 7 nitrogen and oxygen atoms in total. The topological polar surface area (TPSA) is 70.1 Å². The summed E-state index contributed by atoms with van der Waals surface area (Å²) in [6.07, 6.45) is 2.00. The first-order valence-corrected chi connectivity index (χ1v) is 14.4. The van der Waals surface area contributed by atoms with E-state index in [1.54, 1.807) is 11.3 Å². The minimum atomic E-state index is 0.0677. The Labute approximate surface area is 233 Å². The van der Waals surface area contributed by atoms with Gasteiger partial charge in [0.05, 0.1) is 21.4 Å². The maximum atomic E-state index is 4.81. The molecule has 0 spiro atoms. The molecule has 0 radical (unpaired) electrons. The van der Waals surface area contributed by atoms with Crippen LogP contribution in [0.2, 0.25) is 0 Å². The number of piperazine rings is 1. The Hall–Kier alpha value is -3.88. The molecule has 0 unspecified atom stereocenters. The number of aromatic nitrogens is 4. The fourth-order valence-electron chi connectivity index (χ4n) is 5.13. The Morgan fingerprint density at radius 2 is 1.74 bits per heavy atom. The summed E-state index contributed by atoms with van der Waals surface area (Å²) in [5.41, 5.74) is 8.34. The molecule has 0 saturated carbocycles. The molecule has 1 aliphatic rings. The Kier molecular flexibility index (Phi) is 7.22. The monoisotopic (exact) mass is 535 g/mol. The van der Waals surface area contributed by atoms with Gasteiger partial charge in [-0.25, -0.2) is 19.9 Å². The number of thiazole rings is 1. The number of pyridine rings is 1. The number of benzene rings is 2. The van der Waals surface area contributed by atoms with Gasteiger partial charge >= 0.3 is 0 Å². The third-order valence-electron chi connectivity index (χ3n) is 7.44. The van der Waals surface area contributed by atoms with E-state index in [1.807, 2.05) is 30.8 Å². The molecule has 0 aliphatic carbocycles. The fourth-order valence-corrected chi connectivity index (χ4v) is 5.85. The van der Waals surface area contributed by atoms with Gasteiger partial charge in [0.15, 0.2) is 0 Å². The van der Waals surface area contributed by atoms with Gasteiger partial charge < -0.3 is 15.1 Å². The van der Waals surface area contributed by atoms with Crippen LogP contribution in [-0.4, -0.2) is 57.6 Å². The average Bonchev–Trinajstić information content (AvgIpc) is 3.45. The van der Waals surface area contributed by atoms with Crippen molar-refractivity contribution >= 4 is 33.2 Å². The fraction of sp³-hybridized carbons (Fsp3) is 0.290. The van der Waals surface area contributed by atoms with E-state index in [4.69, 9.17) is 9.97 Å². The summed E-state index contributed by atoms with van der Waals surface area (Å²) in [5, 5.41) is 3.59. The normalized spacial score (nSPS) is 15.0. The highest BCUT2D eigenvalue weighted by atomic mass is 32.1. The lowest BCUT2D eigenvalue weighted by atomic mass is 10.0. The van der Waals surface area contributed by atoms with Gasteiger partial charge in [0.25, 0.3) is 0 Å². The largest absolute Gasteiger partial charge is 0.363 e. The first kappa shape index (κ1) is 25.4. The lowest BCUT2D eigenvalue weighted by Gasteiger charge is -2.34. The predicted octanol–water partition coefficient (Wildman–Crippen LogP) is 6.44. The van der Waals surface area contributed by atoms with Gasteiger partial charge in [-0.1, -0.05) is 31.2 Å². The Balaban J connectivity index is 1.17. The van der Waals surface area contributed by atoms with Crippen LogP contribution in [-0.2, 0) is 0 Å². The number of nitrogens with one attached hydrogen (secondary N) is 1. The highest BCUT2D eigenvalue weighted by molar-refractivity contribution is 7.16. The van der Waals surface area contributed by atoms with Crippen LogP contribution in [0, 0.1) is 6.92 Å². The zero-order chi connectivity index (χ0) is 26.8. The van der Waals surface area contributed by atoms with Crippen molar-refractivity contribution in [2.24, 2.45) is 0 Å². The molecular weight excluding hydrogens is 502 g/mol. The molecule has 1 N–H and O–H groups in total. The van der Waals surface area contributed by atoms with E-state index in [0.29, 0.717) is 0 Å². The van der Waals surface area contributed by atoms with Crippen LogP contribution in [0.15, 0.2) is 72.4 Å². The second kappa shape index (κ2) is 11.1. The zero-order valence-corrected chi connectivity index (χ0v) is 23.4. The maximum absolute atomic E-state index is 4.81. The summed E-state index contributed by atoms with van der Waals surface area (Å²) in [5.74, 6) is 2.61. The van der Waals surface area contributed by atoms with Crippen LogP contribution in [0.25, 0.3) is 32.6 Å². The van der Waals surface area contributed by atoms with Crippen LogP contribution in [0.5, 0.6) is 0 Å². The molecule has 6 rings (SSSR count). The van der Waals surface area contributed by atoms with Gasteiger partial charge in [-0.05, 0) is 61.9 Å². The van der Waals surface area contributed by atoms with Crippen molar-refractivity contribution < 1.29 is 0 Å². The lowest BCUT2D eigenvalue weighted by molar-refractivity contribution is 0.270. The van der Waals surface area contributed by atoms with Crippen molar-refractivity contribution in [3.05, 3.63) is 83.8 Å². The molecule has 4 heterocycles. The molecule has 1 saturated heterocycles. The molecular formula is C31H33N7S. The number of hydrogen-bond acceptors (Lipinski definition) is 8. The number of hydrogen-bond donors (Lipinski definition) is 1. The highest BCUT2D eigenvalue weighted by Crippen LogP contribution is 2.29. The Bertz CT molecular complexity index is 1570. The smallest absolute Gasteiger partial charge is 0.130 e. The number of aryl methyl sites for hydroxylation is 1. The van der Waals surface area contributed by atoms with Crippen LogP contribution in [0.1, 0.15) is 31.3 Å². The van der Waals surface area contributed by atoms with Crippen molar-refractivity contribution in [3.63, 3.8) is 0 Å². The van der Waals surface area contributed by atoms with Crippen molar-refractivity contribution in [2.75, 3.05) is 42.9 Å². The average molecular weight is 536 g/mol. The predicted molar refractivity (Wildman–Crippen MR) is 161 cm³/mol. The number of likely N-dealkylation sites (N-methyl/N-ethyl adjacent to an activating group) is 1. The third-order valence-corrected chi connectivity index (χ3v) is 8.23. The van der Waals surface area contributed by atoms with E-state index in [1.165, 1.54) is 5.56 Å². The van der Waals surface area contributed by atoms with E-state index in [2.05, 4.69) is 87.5 Å². The van der Waals surface area contributed by atoms with E-state index in [-0.39, 0.29) is 6.04 Å². The van der Waals surface area contributed by atoms with Crippen molar-refractivity contribution in [2.45, 2.75) is 26.8 Å². The standard InChI is InChI=1S/C31H33N7S/c1-4-37-12-14-38(15-13-37)31-11-9-26(19-32-31)24-7-5-6-23(16-24)21(2)34-30-18-28(35-22(3)36-30)25-8-10-27-29(17-25)39-20-33-27/h5-11,16-21H,4,12-15H2,1-3H3,(H,34,35,36)/t21-/m0/s1. The quantitative estimate of drug-likeness (QED) is 0.257. The molecule has 1 fully saturated rings. The highest BCUT2D eigenvalue weighted by Gasteiger charge is 2.17. The zero-order valence-electron chi connectivity index (χ0n) is 22.6. The van der Waals surface area contributed by atoms with Crippen molar-refractivity contribution in [3.8, 4) is 22.4 Å². The van der Waals surface area contributed by atoms with E-state index < -0.39 is 0 Å². The number of fused-ring (bicyclic) bond motifs is 1. The van der Waals surface area contributed by atoms with Crippen LogP contribution < -0.4 is 10.2 Å². The minimum absolute atomic E-state index is 0.0677. The summed E-state index contributed by atoms with van der Waals surface area (Å²) in [4.78, 5) is 23.4.